The van der Waals surface area contributed by atoms with E-state index >= 15 is 0 Å². The molecule has 0 aliphatic rings. The third-order valence-electron chi connectivity index (χ3n) is 2.22. The Morgan fingerprint density at radius 3 is 2.72 bits per heavy atom. The largest absolute Gasteiger partial charge is 0.320 e. The lowest BCUT2D eigenvalue weighted by molar-refractivity contribution is -0.384. The molecule has 0 bridgehead atoms. The maximum atomic E-state index is 11.6. The van der Waals surface area contributed by atoms with Crippen molar-refractivity contribution in [1.29, 1.82) is 0 Å². The second kappa shape index (κ2) is 7.48. The fourth-order valence-corrected chi connectivity index (χ4v) is 2.10. The van der Waals surface area contributed by atoms with Crippen LogP contribution < -0.4 is 5.32 Å². The van der Waals surface area contributed by atoms with Gasteiger partial charge in [-0.2, -0.15) is 0 Å². The summed E-state index contributed by atoms with van der Waals surface area (Å²) in [6, 6.07) is 4.54. The number of nitro benzene ring substituents is 1. The molecular formula is C11H12Br2N2O3. The molecule has 0 aliphatic carbocycles. The Kier molecular flexibility index (Phi) is 6.28. The number of amides is 1. The molecule has 18 heavy (non-hydrogen) atoms. The van der Waals surface area contributed by atoms with Crippen LogP contribution in [0.5, 0.6) is 0 Å². The summed E-state index contributed by atoms with van der Waals surface area (Å²) in [5, 5.41) is 14.3. The Balaban J connectivity index is 2.72. The highest BCUT2D eigenvalue weighted by atomic mass is 79.9. The Bertz CT molecular complexity index is 452. The van der Waals surface area contributed by atoms with Crippen molar-refractivity contribution in [2.75, 3.05) is 10.6 Å². The highest BCUT2D eigenvalue weighted by molar-refractivity contribution is 9.10. The van der Waals surface area contributed by atoms with E-state index in [1.165, 1.54) is 12.1 Å². The monoisotopic (exact) mass is 378 g/mol. The average Bonchev–Trinajstić information content (AvgIpc) is 2.31. The average molecular weight is 380 g/mol. The van der Waals surface area contributed by atoms with Crippen molar-refractivity contribution in [3.8, 4) is 0 Å². The van der Waals surface area contributed by atoms with Crippen LogP contribution in [-0.4, -0.2) is 16.2 Å². The lowest BCUT2D eigenvalue weighted by Crippen LogP contribution is -2.12. The lowest BCUT2D eigenvalue weighted by Gasteiger charge is -2.06. The van der Waals surface area contributed by atoms with E-state index < -0.39 is 4.92 Å². The van der Waals surface area contributed by atoms with E-state index in [0.717, 1.165) is 18.2 Å². The normalized spacial score (nSPS) is 10.1. The summed E-state index contributed by atoms with van der Waals surface area (Å²) in [6.45, 7) is 0. The van der Waals surface area contributed by atoms with Gasteiger partial charge in [0.25, 0.3) is 5.69 Å². The predicted molar refractivity (Wildman–Crippen MR) is 77.1 cm³/mol. The van der Waals surface area contributed by atoms with Crippen molar-refractivity contribution in [1.82, 2.24) is 0 Å². The SMILES string of the molecule is O=C(CCCCBr)Nc1ccc(Br)cc1[N+](=O)[O-]. The van der Waals surface area contributed by atoms with Crippen molar-refractivity contribution >= 4 is 49.1 Å². The first-order valence-electron chi connectivity index (χ1n) is 5.34. The zero-order chi connectivity index (χ0) is 13.5. The number of nitrogens with zero attached hydrogens (tertiary/aromatic N) is 1. The second-order valence-electron chi connectivity index (χ2n) is 3.61. The molecule has 0 saturated carbocycles. The highest BCUT2D eigenvalue weighted by Gasteiger charge is 2.15. The van der Waals surface area contributed by atoms with E-state index in [4.69, 9.17) is 0 Å². The smallest absolute Gasteiger partial charge is 0.293 e. The maximum Gasteiger partial charge on any atom is 0.293 e. The summed E-state index contributed by atoms with van der Waals surface area (Å²) in [6.07, 6.45) is 2.01. The third kappa shape index (κ3) is 4.73. The molecule has 0 radical (unpaired) electrons. The van der Waals surface area contributed by atoms with E-state index in [9.17, 15) is 14.9 Å². The van der Waals surface area contributed by atoms with E-state index in [2.05, 4.69) is 37.2 Å². The number of benzene rings is 1. The fraction of sp³-hybridized carbons (Fsp3) is 0.364. The molecule has 7 heteroatoms. The van der Waals surface area contributed by atoms with E-state index in [1.54, 1.807) is 6.07 Å². The number of nitro groups is 1. The number of alkyl halides is 1. The van der Waals surface area contributed by atoms with Gasteiger partial charge in [-0.1, -0.05) is 31.9 Å². The van der Waals surface area contributed by atoms with Gasteiger partial charge in [-0.25, -0.2) is 0 Å². The van der Waals surface area contributed by atoms with Crippen molar-refractivity contribution in [2.24, 2.45) is 0 Å². The summed E-state index contributed by atoms with van der Waals surface area (Å²) in [5.74, 6) is -0.207. The molecule has 98 valence electrons. The van der Waals surface area contributed by atoms with Crippen LogP contribution in [0.25, 0.3) is 0 Å². The molecule has 0 aliphatic heterocycles. The fourth-order valence-electron chi connectivity index (χ4n) is 1.35. The number of hydrogen-bond donors (Lipinski definition) is 1. The number of rotatable bonds is 6. The number of carbonyl (C=O) groups excluding carboxylic acids is 1. The molecule has 0 atom stereocenters. The predicted octanol–water partition coefficient (Wildman–Crippen LogP) is 3.86. The lowest BCUT2D eigenvalue weighted by atomic mass is 10.2. The van der Waals surface area contributed by atoms with Gasteiger partial charge in [0, 0.05) is 22.3 Å². The second-order valence-corrected chi connectivity index (χ2v) is 5.32. The van der Waals surface area contributed by atoms with Crippen LogP contribution in [0.1, 0.15) is 19.3 Å². The Morgan fingerprint density at radius 1 is 1.39 bits per heavy atom. The van der Waals surface area contributed by atoms with Crippen LogP contribution >= 0.6 is 31.9 Å². The van der Waals surface area contributed by atoms with Gasteiger partial charge in [0.2, 0.25) is 5.91 Å². The molecule has 0 fully saturated rings. The molecule has 0 unspecified atom stereocenters. The molecule has 1 N–H and O–H groups in total. The number of carbonyl (C=O) groups is 1. The molecule has 5 nitrogen and oxygen atoms in total. The van der Waals surface area contributed by atoms with Crippen molar-refractivity contribution in [2.45, 2.75) is 19.3 Å². The van der Waals surface area contributed by atoms with Gasteiger partial charge in [0.1, 0.15) is 5.69 Å². The zero-order valence-electron chi connectivity index (χ0n) is 9.49. The van der Waals surface area contributed by atoms with Crippen LogP contribution in [-0.2, 0) is 4.79 Å². The minimum atomic E-state index is -0.515. The summed E-state index contributed by atoms with van der Waals surface area (Å²) in [5.41, 5.74) is 0.116. The van der Waals surface area contributed by atoms with E-state index in [1.807, 2.05) is 0 Å². The summed E-state index contributed by atoms with van der Waals surface area (Å²) >= 11 is 6.44. The van der Waals surface area contributed by atoms with Gasteiger partial charge < -0.3 is 5.32 Å². The highest BCUT2D eigenvalue weighted by Crippen LogP contribution is 2.28. The zero-order valence-corrected chi connectivity index (χ0v) is 12.7. The number of anilines is 1. The topological polar surface area (TPSA) is 72.2 Å². The van der Waals surface area contributed by atoms with Gasteiger partial charge >= 0.3 is 0 Å². The third-order valence-corrected chi connectivity index (χ3v) is 3.27. The molecule has 1 amide bonds. The minimum Gasteiger partial charge on any atom is -0.320 e. The van der Waals surface area contributed by atoms with Crippen molar-refractivity contribution in [3.05, 3.63) is 32.8 Å². The number of unbranched alkanes of at least 4 members (excludes halogenated alkanes) is 1. The Morgan fingerprint density at radius 2 is 2.11 bits per heavy atom. The molecule has 1 rings (SSSR count). The quantitative estimate of drug-likeness (QED) is 0.353. The maximum absolute atomic E-state index is 11.6. The van der Waals surface area contributed by atoms with E-state index in [0.29, 0.717) is 10.9 Å². The standard InChI is InChI=1S/C11H12Br2N2O3/c12-6-2-1-3-11(16)14-9-5-4-8(13)7-10(9)15(17)18/h4-5,7H,1-3,6H2,(H,14,16). The van der Waals surface area contributed by atoms with Gasteiger partial charge in [-0.3, -0.25) is 14.9 Å². The van der Waals surface area contributed by atoms with Crippen LogP contribution in [0.3, 0.4) is 0 Å². The first-order valence-corrected chi connectivity index (χ1v) is 7.26. The molecule has 0 saturated heterocycles. The molecule has 1 aromatic carbocycles. The Labute approximate surface area is 121 Å². The van der Waals surface area contributed by atoms with Crippen LogP contribution in [0.4, 0.5) is 11.4 Å². The Hall–Kier alpha value is -0.950. The first kappa shape index (κ1) is 15.1. The van der Waals surface area contributed by atoms with Crippen molar-refractivity contribution in [3.63, 3.8) is 0 Å². The molecular weight excluding hydrogens is 368 g/mol. The summed E-state index contributed by atoms with van der Waals surface area (Å²) in [4.78, 5) is 21.9. The molecule has 0 heterocycles. The van der Waals surface area contributed by atoms with Crippen LogP contribution in [0.15, 0.2) is 22.7 Å². The molecule has 0 aromatic heterocycles. The van der Waals surface area contributed by atoms with Crippen molar-refractivity contribution < 1.29 is 9.72 Å². The van der Waals surface area contributed by atoms with Gasteiger partial charge in [-0.05, 0) is 25.0 Å². The van der Waals surface area contributed by atoms with E-state index in [-0.39, 0.29) is 17.3 Å². The number of hydrogen-bond acceptors (Lipinski definition) is 3. The minimum absolute atomic E-state index is 0.113. The van der Waals surface area contributed by atoms with Crippen LogP contribution in [0.2, 0.25) is 0 Å². The van der Waals surface area contributed by atoms with Gasteiger partial charge in [-0.15, -0.1) is 0 Å². The molecule has 0 spiro atoms. The number of halogens is 2. The van der Waals surface area contributed by atoms with Gasteiger partial charge in [0.05, 0.1) is 4.92 Å². The van der Waals surface area contributed by atoms with Crippen LogP contribution in [0, 0.1) is 10.1 Å². The summed E-state index contributed by atoms with van der Waals surface area (Å²) in [7, 11) is 0. The molecule has 1 aromatic rings. The number of nitrogens with one attached hydrogen (secondary N) is 1. The summed E-state index contributed by atoms with van der Waals surface area (Å²) < 4.78 is 0.603. The first-order chi connectivity index (χ1) is 8.54. The van der Waals surface area contributed by atoms with Gasteiger partial charge in [0.15, 0.2) is 0 Å².